The zero-order valence-electron chi connectivity index (χ0n) is 13.5. The van der Waals surface area contributed by atoms with Gasteiger partial charge in [-0.3, -0.25) is 9.78 Å². The fraction of sp³-hybridized carbons (Fsp3) is 0.368. The van der Waals surface area contributed by atoms with Gasteiger partial charge in [-0.25, -0.2) is 0 Å². The van der Waals surface area contributed by atoms with Crippen LogP contribution in [0.1, 0.15) is 34.8 Å². The number of benzene rings is 1. The van der Waals surface area contributed by atoms with Gasteiger partial charge in [0.05, 0.1) is 0 Å². The first-order valence-corrected chi connectivity index (χ1v) is 9.20. The number of carbonyl (C=O) groups excluding carboxylic acids is 1. The summed E-state index contributed by atoms with van der Waals surface area (Å²) >= 11 is 1.90. The first-order chi connectivity index (χ1) is 11.3. The molecule has 0 atom stereocenters. The van der Waals surface area contributed by atoms with Crippen LogP contribution in [0.4, 0.5) is 0 Å². The van der Waals surface area contributed by atoms with Crippen molar-refractivity contribution in [3.8, 4) is 0 Å². The first kappa shape index (κ1) is 16.1. The number of fused-ring (bicyclic) bond motifs is 1. The SMILES string of the molecule is CCN(CCc1ccncc1)C(=O)c1ccc2c(c1)CCCS2. The van der Waals surface area contributed by atoms with Gasteiger partial charge < -0.3 is 4.90 Å². The third-order valence-electron chi connectivity index (χ3n) is 4.24. The average molecular weight is 326 g/mol. The highest BCUT2D eigenvalue weighted by atomic mass is 32.2. The molecule has 2 heterocycles. The van der Waals surface area contributed by atoms with E-state index in [-0.39, 0.29) is 5.91 Å². The number of amides is 1. The lowest BCUT2D eigenvalue weighted by Crippen LogP contribution is -2.32. The van der Waals surface area contributed by atoms with Gasteiger partial charge in [0.25, 0.3) is 5.91 Å². The molecule has 0 N–H and O–H groups in total. The number of pyridine rings is 1. The standard InChI is InChI=1S/C19H22N2OS/c1-2-21(12-9-15-7-10-20-11-8-15)19(22)17-5-6-18-16(14-17)4-3-13-23-18/h5-8,10-11,14H,2-4,9,12-13H2,1H3. The predicted molar refractivity (Wildman–Crippen MR) is 95.0 cm³/mol. The lowest BCUT2D eigenvalue weighted by molar-refractivity contribution is 0.0766. The van der Waals surface area contributed by atoms with E-state index in [4.69, 9.17) is 0 Å². The van der Waals surface area contributed by atoms with Crippen molar-refractivity contribution in [1.82, 2.24) is 9.88 Å². The number of aromatic nitrogens is 1. The van der Waals surface area contributed by atoms with E-state index in [0.717, 1.165) is 31.5 Å². The van der Waals surface area contributed by atoms with E-state index in [2.05, 4.69) is 17.1 Å². The molecule has 1 amide bonds. The highest BCUT2D eigenvalue weighted by Gasteiger charge is 2.17. The molecular formula is C19H22N2OS. The first-order valence-electron chi connectivity index (χ1n) is 8.22. The zero-order valence-corrected chi connectivity index (χ0v) is 14.3. The normalized spacial score (nSPS) is 13.4. The number of thioether (sulfide) groups is 1. The summed E-state index contributed by atoms with van der Waals surface area (Å²) in [6.45, 7) is 3.51. The second kappa shape index (κ2) is 7.64. The number of carbonyl (C=O) groups is 1. The highest BCUT2D eigenvalue weighted by molar-refractivity contribution is 7.99. The van der Waals surface area contributed by atoms with E-state index in [0.29, 0.717) is 0 Å². The molecule has 0 bridgehead atoms. The summed E-state index contributed by atoms with van der Waals surface area (Å²) in [5.74, 6) is 1.33. The fourth-order valence-electron chi connectivity index (χ4n) is 2.89. The van der Waals surface area contributed by atoms with Gasteiger partial charge in [-0.05, 0) is 73.4 Å². The minimum absolute atomic E-state index is 0.139. The van der Waals surface area contributed by atoms with E-state index in [9.17, 15) is 4.79 Å². The molecular weight excluding hydrogens is 304 g/mol. The second-order valence-electron chi connectivity index (χ2n) is 5.76. The molecule has 0 unspecified atom stereocenters. The van der Waals surface area contributed by atoms with E-state index in [1.165, 1.54) is 28.2 Å². The number of rotatable bonds is 5. The van der Waals surface area contributed by atoms with Gasteiger partial charge in [0.2, 0.25) is 0 Å². The van der Waals surface area contributed by atoms with Crippen LogP contribution in [0.2, 0.25) is 0 Å². The van der Waals surface area contributed by atoms with E-state index < -0.39 is 0 Å². The molecule has 2 aromatic rings. The summed E-state index contributed by atoms with van der Waals surface area (Å²) in [6.07, 6.45) is 6.76. The summed E-state index contributed by atoms with van der Waals surface area (Å²) in [4.78, 5) is 20.1. The summed E-state index contributed by atoms with van der Waals surface area (Å²) in [6, 6.07) is 10.2. The summed E-state index contributed by atoms with van der Waals surface area (Å²) in [5, 5.41) is 0. The average Bonchev–Trinajstić information content (AvgIpc) is 2.62. The Kier molecular flexibility index (Phi) is 5.34. The van der Waals surface area contributed by atoms with E-state index in [1.54, 1.807) is 12.4 Å². The van der Waals surface area contributed by atoms with Crippen molar-refractivity contribution in [2.75, 3.05) is 18.8 Å². The Hall–Kier alpha value is -1.81. The lowest BCUT2D eigenvalue weighted by Gasteiger charge is -2.22. The Bertz CT molecular complexity index is 672. The van der Waals surface area contributed by atoms with Crippen molar-refractivity contribution in [3.63, 3.8) is 0 Å². The smallest absolute Gasteiger partial charge is 0.253 e. The maximum Gasteiger partial charge on any atom is 0.253 e. The van der Waals surface area contributed by atoms with Gasteiger partial charge in [-0.1, -0.05) is 0 Å². The fourth-order valence-corrected chi connectivity index (χ4v) is 3.91. The maximum atomic E-state index is 12.8. The lowest BCUT2D eigenvalue weighted by atomic mass is 10.0. The Morgan fingerprint density at radius 2 is 2.09 bits per heavy atom. The van der Waals surface area contributed by atoms with Crippen LogP contribution in [0.15, 0.2) is 47.6 Å². The second-order valence-corrected chi connectivity index (χ2v) is 6.90. The number of likely N-dealkylation sites (N-methyl/N-ethyl adjacent to an activating group) is 1. The molecule has 3 rings (SSSR count). The van der Waals surface area contributed by atoms with Gasteiger partial charge in [0, 0.05) is 35.9 Å². The van der Waals surface area contributed by atoms with Crippen LogP contribution in [0.5, 0.6) is 0 Å². The van der Waals surface area contributed by atoms with Crippen LogP contribution < -0.4 is 0 Å². The molecule has 120 valence electrons. The Labute approximate surface area is 142 Å². The Morgan fingerprint density at radius 3 is 2.87 bits per heavy atom. The Balaban J connectivity index is 1.69. The topological polar surface area (TPSA) is 33.2 Å². The predicted octanol–water partition coefficient (Wildman–Crippen LogP) is 3.82. The summed E-state index contributed by atoms with van der Waals surface area (Å²) in [7, 11) is 0. The summed E-state index contributed by atoms with van der Waals surface area (Å²) < 4.78 is 0. The van der Waals surface area contributed by atoms with Crippen molar-refractivity contribution in [2.24, 2.45) is 0 Å². The van der Waals surface area contributed by atoms with Crippen LogP contribution in [0.3, 0.4) is 0 Å². The molecule has 3 nitrogen and oxygen atoms in total. The third-order valence-corrected chi connectivity index (χ3v) is 5.45. The number of hydrogen-bond acceptors (Lipinski definition) is 3. The molecule has 1 aromatic carbocycles. The molecule has 4 heteroatoms. The molecule has 0 aliphatic carbocycles. The van der Waals surface area contributed by atoms with Gasteiger partial charge in [0.15, 0.2) is 0 Å². The van der Waals surface area contributed by atoms with Gasteiger partial charge in [-0.15, -0.1) is 11.8 Å². The molecule has 1 aliphatic heterocycles. The Morgan fingerprint density at radius 1 is 1.26 bits per heavy atom. The molecule has 0 radical (unpaired) electrons. The van der Waals surface area contributed by atoms with Crippen LogP contribution >= 0.6 is 11.8 Å². The van der Waals surface area contributed by atoms with E-state index >= 15 is 0 Å². The molecule has 1 aliphatic rings. The largest absolute Gasteiger partial charge is 0.339 e. The number of aryl methyl sites for hydroxylation is 1. The van der Waals surface area contributed by atoms with Gasteiger partial charge in [-0.2, -0.15) is 0 Å². The number of nitrogens with zero attached hydrogens (tertiary/aromatic N) is 2. The van der Waals surface area contributed by atoms with Crippen LogP contribution in [0.25, 0.3) is 0 Å². The minimum Gasteiger partial charge on any atom is -0.339 e. The quantitative estimate of drug-likeness (QED) is 0.837. The van der Waals surface area contributed by atoms with Gasteiger partial charge in [0.1, 0.15) is 0 Å². The van der Waals surface area contributed by atoms with Crippen LogP contribution in [0, 0.1) is 0 Å². The van der Waals surface area contributed by atoms with Crippen molar-refractivity contribution >= 4 is 17.7 Å². The van der Waals surface area contributed by atoms with Crippen molar-refractivity contribution in [2.45, 2.75) is 31.1 Å². The summed E-state index contributed by atoms with van der Waals surface area (Å²) in [5.41, 5.74) is 3.37. The third kappa shape index (κ3) is 3.94. The van der Waals surface area contributed by atoms with Crippen molar-refractivity contribution in [3.05, 3.63) is 59.4 Å². The molecule has 1 aromatic heterocycles. The van der Waals surface area contributed by atoms with Crippen LogP contribution in [-0.2, 0) is 12.8 Å². The number of hydrogen-bond donors (Lipinski definition) is 0. The monoisotopic (exact) mass is 326 g/mol. The molecule has 0 saturated heterocycles. The molecule has 0 spiro atoms. The zero-order chi connectivity index (χ0) is 16.1. The molecule has 0 saturated carbocycles. The van der Waals surface area contributed by atoms with Crippen molar-refractivity contribution < 1.29 is 4.79 Å². The maximum absolute atomic E-state index is 12.8. The van der Waals surface area contributed by atoms with E-state index in [1.807, 2.05) is 41.8 Å². The minimum atomic E-state index is 0.139. The van der Waals surface area contributed by atoms with Crippen LogP contribution in [-0.4, -0.2) is 34.6 Å². The molecule has 0 fully saturated rings. The highest BCUT2D eigenvalue weighted by Crippen LogP contribution is 2.30. The van der Waals surface area contributed by atoms with Gasteiger partial charge >= 0.3 is 0 Å². The molecule has 23 heavy (non-hydrogen) atoms. The van der Waals surface area contributed by atoms with Crippen molar-refractivity contribution in [1.29, 1.82) is 0 Å².